The number of thioether (sulfide) groups is 1. The van der Waals surface area contributed by atoms with Crippen LogP contribution in [0.3, 0.4) is 0 Å². The monoisotopic (exact) mass is 472 g/mol. The van der Waals surface area contributed by atoms with Gasteiger partial charge in [-0.05, 0) is 37.3 Å². The number of thiazole rings is 1. The number of nitrogens with zero attached hydrogens (tertiary/aromatic N) is 2. The van der Waals surface area contributed by atoms with Crippen molar-refractivity contribution in [1.29, 1.82) is 0 Å². The summed E-state index contributed by atoms with van der Waals surface area (Å²) in [7, 11) is 1.35. The SMILES string of the molecule is CCN1C(=C=Cc2sc(=S)n(CC(=O)O)c2O)Sc2ccc(SOOOC)cc21. The number of fused-ring (bicyclic) bond motifs is 1. The summed E-state index contributed by atoms with van der Waals surface area (Å²) in [6.07, 6.45) is 1.62. The van der Waals surface area contributed by atoms with E-state index in [0.717, 1.165) is 43.9 Å². The first-order valence-corrected chi connectivity index (χ1v) is 11.0. The van der Waals surface area contributed by atoms with Gasteiger partial charge in [0.1, 0.15) is 11.6 Å². The number of aromatic hydroxyl groups is 1. The van der Waals surface area contributed by atoms with Crippen LogP contribution in [0, 0.1) is 3.95 Å². The first-order valence-electron chi connectivity index (χ1n) is 8.19. The molecule has 1 aromatic heterocycles. The van der Waals surface area contributed by atoms with Crippen LogP contribution in [0.25, 0.3) is 6.08 Å². The minimum atomic E-state index is -1.07. The van der Waals surface area contributed by atoms with E-state index in [9.17, 15) is 9.90 Å². The largest absolute Gasteiger partial charge is 0.493 e. The molecule has 0 saturated heterocycles. The summed E-state index contributed by atoms with van der Waals surface area (Å²) in [5, 5.41) is 24.5. The predicted octanol–water partition coefficient (Wildman–Crippen LogP) is 4.67. The third kappa shape index (κ3) is 5.05. The van der Waals surface area contributed by atoms with Gasteiger partial charge in [-0.3, -0.25) is 9.36 Å². The van der Waals surface area contributed by atoms with Gasteiger partial charge in [0.05, 0.1) is 29.7 Å². The van der Waals surface area contributed by atoms with E-state index in [0.29, 0.717) is 11.4 Å². The summed E-state index contributed by atoms with van der Waals surface area (Å²) in [5.41, 5.74) is 4.19. The Morgan fingerprint density at radius 3 is 2.93 bits per heavy atom. The zero-order chi connectivity index (χ0) is 21.0. The molecule has 2 N–H and O–H groups in total. The van der Waals surface area contributed by atoms with Crippen molar-refractivity contribution < 1.29 is 29.3 Å². The molecule has 2 heterocycles. The van der Waals surface area contributed by atoms with Gasteiger partial charge >= 0.3 is 5.97 Å². The first-order chi connectivity index (χ1) is 13.9. The van der Waals surface area contributed by atoms with Crippen LogP contribution in [0.4, 0.5) is 5.69 Å². The predicted molar refractivity (Wildman–Crippen MR) is 114 cm³/mol. The Morgan fingerprint density at radius 2 is 2.24 bits per heavy atom. The number of benzene rings is 1. The third-order valence-electron chi connectivity index (χ3n) is 3.73. The zero-order valence-electron chi connectivity index (χ0n) is 15.3. The number of aliphatic carboxylic acids is 1. The normalized spacial score (nSPS) is 12.8. The molecular weight excluding hydrogens is 456 g/mol. The van der Waals surface area contributed by atoms with E-state index in [1.807, 2.05) is 25.1 Å². The van der Waals surface area contributed by atoms with Crippen molar-refractivity contribution in [1.82, 2.24) is 4.57 Å². The van der Waals surface area contributed by atoms with Crippen LogP contribution in [0.1, 0.15) is 11.8 Å². The number of carbonyl (C=O) groups is 1. The van der Waals surface area contributed by atoms with Gasteiger partial charge in [-0.2, -0.15) is 0 Å². The molecule has 0 amide bonds. The summed E-state index contributed by atoms with van der Waals surface area (Å²) in [5.74, 6) is -1.25. The Bertz CT molecular complexity index is 1040. The molecule has 12 heteroatoms. The summed E-state index contributed by atoms with van der Waals surface area (Å²) >= 11 is 8.85. The van der Waals surface area contributed by atoms with Crippen LogP contribution >= 0.6 is 47.4 Å². The van der Waals surface area contributed by atoms with Crippen LogP contribution < -0.4 is 4.90 Å². The van der Waals surface area contributed by atoms with E-state index < -0.39 is 5.97 Å². The lowest BCUT2D eigenvalue weighted by Crippen LogP contribution is -2.15. The molecular formula is C17H16N2O6S4. The highest BCUT2D eigenvalue weighted by molar-refractivity contribution is 8.03. The van der Waals surface area contributed by atoms with E-state index in [-0.39, 0.29) is 16.4 Å². The average molecular weight is 473 g/mol. The molecule has 0 atom stereocenters. The topological polar surface area (TPSA) is 93.4 Å². The average Bonchev–Trinajstić information content (AvgIpc) is 3.17. The van der Waals surface area contributed by atoms with Crippen molar-refractivity contribution >= 4 is 65.1 Å². The summed E-state index contributed by atoms with van der Waals surface area (Å²) in [4.78, 5) is 19.7. The van der Waals surface area contributed by atoms with Crippen LogP contribution in [0.15, 0.2) is 38.8 Å². The smallest absolute Gasteiger partial charge is 0.323 e. The molecule has 1 aliphatic heterocycles. The van der Waals surface area contributed by atoms with E-state index in [1.165, 1.54) is 11.7 Å². The van der Waals surface area contributed by atoms with Gasteiger partial charge in [0.2, 0.25) is 5.88 Å². The molecule has 0 saturated carbocycles. The molecule has 0 unspecified atom stereocenters. The van der Waals surface area contributed by atoms with Crippen LogP contribution in [0.2, 0.25) is 0 Å². The van der Waals surface area contributed by atoms with E-state index >= 15 is 0 Å². The maximum Gasteiger partial charge on any atom is 0.323 e. The minimum absolute atomic E-state index is 0.173. The number of carboxylic acids is 1. The maximum atomic E-state index is 10.9. The Balaban J connectivity index is 1.88. The van der Waals surface area contributed by atoms with Gasteiger partial charge in [-0.15, -0.1) is 15.7 Å². The molecule has 3 rings (SSSR count). The van der Waals surface area contributed by atoms with Crippen molar-refractivity contribution in [3.63, 3.8) is 0 Å². The number of anilines is 1. The first kappa shape index (κ1) is 21.9. The number of hydrogen-bond donors (Lipinski definition) is 2. The number of aromatic nitrogens is 1. The molecule has 29 heavy (non-hydrogen) atoms. The van der Waals surface area contributed by atoms with Gasteiger partial charge in [-0.1, -0.05) is 22.5 Å². The standard InChI is InChI=1S/C17H16N2O6S4/c1-3-18-11-8-10(29-25-24-23-2)4-5-12(11)27-14(18)7-6-13-16(22)19(9-15(20)21)17(26)28-13/h4-6,8,22H,3,9H2,1-2H3,(H,20,21). The summed E-state index contributed by atoms with van der Waals surface area (Å²) in [6.45, 7) is 2.34. The molecule has 2 aromatic rings. The lowest BCUT2D eigenvalue weighted by molar-refractivity contribution is -0.447. The van der Waals surface area contributed by atoms with Crippen LogP contribution in [-0.2, 0) is 25.6 Å². The Labute approximate surface area is 184 Å². The van der Waals surface area contributed by atoms with Gasteiger partial charge < -0.3 is 15.1 Å². The van der Waals surface area contributed by atoms with E-state index in [4.69, 9.17) is 21.7 Å². The third-order valence-corrected chi connectivity index (χ3v) is 6.78. The molecule has 0 aliphatic carbocycles. The molecule has 1 aromatic carbocycles. The summed E-state index contributed by atoms with van der Waals surface area (Å²) in [6, 6.07) is 5.84. The maximum absolute atomic E-state index is 10.9. The lowest BCUT2D eigenvalue weighted by Gasteiger charge is -2.16. The molecule has 8 nitrogen and oxygen atoms in total. The van der Waals surface area contributed by atoms with Crippen LogP contribution in [0.5, 0.6) is 5.88 Å². The second kappa shape index (κ2) is 9.83. The molecule has 0 fully saturated rings. The summed E-state index contributed by atoms with van der Waals surface area (Å²) < 4.78 is 6.31. The zero-order valence-corrected chi connectivity index (χ0v) is 18.5. The highest BCUT2D eigenvalue weighted by atomic mass is 32.2. The van der Waals surface area contributed by atoms with Gasteiger partial charge in [-0.25, -0.2) is 4.89 Å². The van der Waals surface area contributed by atoms with Crippen molar-refractivity contribution in [2.24, 2.45) is 0 Å². The number of hydrogen-bond acceptors (Lipinski definition) is 10. The Hall–Kier alpha value is -1.76. The van der Waals surface area contributed by atoms with Gasteiger partial charge in [0.15, 0.2) is 3.95 Å². The fraction of sp³-hybridized carbons (Fsp3) is 0.235. The highest BCUT2D eigenvalue weighted by Crippen LogP contribution is 2.47. The second-order valence-corrected chi connectivity index (χ2v) is 8.97. The second-order valence-electron chi connectivity index (χ2n) is 5.49. The van der Waals surface area contributed by atoms with E-state index in [2.05, 4.69) is 20.6 Å². The van der Waals surface area contributed by atoms with E-state index in [1.54, 1.807) is 17.8 Å². The van der Waals surface area contributed by atoms with Gasteiger partial charge in [0, 0.05) is 22.4 Å². The quantitative estimate of drug-likeness (QED) is 0.141. The fourth-order valence-corrected chi connectivity index (χ4v) is 5.24. The van der Waals surface area contributed by atoms with Crippen molar-refractivity contribution in [2.45, 2.75) is 23.3 Å². The van der Waals surface area contributed by atoms with Gasteiger partial charge in [0.25, 0.3) is 0 Å². The lowest BCUT2D eigenvalue weighted by atomic mass is 10.3. The molecule has 0 bridgehead atoms. The minimum Gasteiger partial charge on any atom is -0.493 e. The molecule has 1 aliphatic rings. The molecule has 0 spiro atoms. The number of rotatable bonds is 8. The Morgan fingerprint density at radius 1 is 1.45 bits per heavy atom. The molecule has 0 radical (unpaired) electrons. The van der Waals surface area contributed by atoms with Crippen LogP contribution in [-0.4, -0.2) is 34.4 Å². The fourth-order valence-electron chi connectivity index (χ4n) is 2.53. The highest BCUT2D eigenvalue weighted by Gasteiger charge is 2.24. The van der Waals surface area contributed by atoms with Crippen molar-refractivity contribution in [2.75, 3.05) is 18.6 Å². The van der Waals surface area contributed by atoms with Crippen molar-refractivity contribution in [3.8, 4) is 5.88 Å². The number of carboxylic acid groups (broad SMARTS) is 1. The Kier molecular flexibility index (Phi) is 7.44. The van der Waals surface area contributed by atoms with Crippen molar-refractivity contribution in [3.05, 3.63) is 37.8 Å². The molecule has 154 valence electrons.